The number of aromatic nitrogens is 2. The molecule has 3 heterocycles. The Kier molecular flexibility index (Phi) is 3.60. The lowest BCUT2D eigenvalue weighted by Gasteiger charge is -2.35. The Bertz CT molecular complexity index is 1160. The SMILES string of the molecule is CN1CCN(c2c(Cl)ccc3c2C(=O)c2nc4ccccc4c(=O)n2-3)CC1. The first kappa shape index (κ1) is 16.5. The van der Waals surface area contributed by atoms with E-state index in [0.29, 0.717) is 32.9 Å². The van der Waals surface area contributed by atoms with Crippen molar-refractivity contribution in [1.82, 2.24) is 14.5 Å². The quantitative estimate of drug-likeness (QED) is 0.507. The maximum Gasteiger partial charge on any atom is 0.266 e. The minimum Gasteiger partial charge on any atom is -0.367 e. The Morgan fingerprint density at radius 2 is 1.74 bits per heavy atom. The molecule has 1 saturated heterocycles. The van der Waals surface area contributed by atoms with E-state index >= 15 is 0 Å². The molecule has 27 heavy (non-hydrogen) atoms. The molecule has 0 spiro atoms. The van der Waals surface area contributed by atoms with Crippen LogP contribution in [0.3, 0.4) is 0 Å². The second kappa shape index (κ2) is 5.90. The molecule has 6 nitrogen and oxygen atoms in total. The summed E-state index contributed by atoms with van der Waals surface area (Å²) in [5.74, 6) is -0.0874. The molecular formula is C20H17ClN4O2. The monoisotopic (exact) mass is 380 g/mol. The molecule has 1 fully saturated rings. The summed E-state index contributed by atoms with van der Waals surface area (Å²) < 4.78 is 1.43. The summed E-state index contributed by atoms with van der Waals surface area (Å²) in [7, 11) is 2.07. The zero-order chi connectivity index (χ0) is 18.7. The van der Waals surface area contributed by atoms with Crippen LogP contribution in [0.25, 0.3) is 16.6 Å². The van der Waals surface area contributed by atoms with Crippen molar-refractivity contribution >= 4 is 34.0 Å². The fraction of sp³-hybridized carbons (Fsp3) is 0.250. The summed E-state index contributed by atoms with van der Waals surface area (Å²) >= 11 is 6.52. The van der Waals surface area contributed by atoms with Gasteiger partial charge in [-0.05, 0) is 31.3 Å². The standard InChI is InChI=1S/C20H17ClN4O2/c1-23-8-10-24(11-9-23)17-13(21)6-7-15-16(17)18(26)19-22-14-5-3-2-4-12(14)20(27)25(15)19/h2-7H,8-11H2,1H3. The lowest BCUT2D eigenvalue weighted by molar-refractivity contribution is 0.103. The molecular weight excluding hydrogens is 364 g/mol. The zero-order valence-electron chi connectivity index (χ0n) is 14.8. The van der Waals surface area contributed by atoms with Crippen molar-refractivity contribution < 1.29 is 4.79 Å². The Balaban J connectivity index is 1.76. The third-order valence-corrected chi connectivity index (χ3v) is 5.68. The number of nitrogens with zero attached hydrogens (tertiary/aromatic N) is 4. The van der Waals surface area contributed by atoms with E-state index in [1.54, 1.807) is 30.3 Å². The molecule has 0 N–H and O–H groups in total. The van der Waals surface area contributed by atoms with Crippen molar-refractivity contribution in [1.29, 1.82) is 0 Å². The Morgan fingerprint density at radius 3 is 2.52 bits per heavy atom. The van der Waals surface area contributed by atoms with Crippen LogP contribution < -0.4 is 10.5 Å². The van der Waals surface area contributed by atoms with Gasteiger partial charge in [0, 0.05) is 26.2 Å². The second-order valence-corrected chi connectivity index (χ2v) is 7.41. The van der Waals surface area contributed by atoms with Gasteiger partial charge in [-0.15, -0.1) is 0 Å². The molecule has 0 saturated carbocycles. The van der Waals surface area contributed by atoms with Crippen molar-refractivity contribution in [2.45, 2.75) is 0 Å². The molecule has 0 bridgehead atoms. The van der Waals surface area contributed by atoms with E-state index < -0.39 is 0 Å². The number of ketones is 1. The molecule has 0 amide bonds. The van der Waals surface area contributed by atoms with Gasteiger partial charge in [-0.3, -0.25) is 14.2 Å². The number of anilines is 1. The molecule has 0 atom stereocenters. The highest BCUT2D eigenvalue weighted by molar-refractivity contribution is 6.35. The van der Waals surface area contributed by atoms with Gasteiger partial charge in [0.15, 0.2) is 5.82 Å². The minimum absolute atomic E-state index is 0.159. The van der Waals surface area contributed by atoms with E-state index in [1.807, 2.05) is 6.07 Å². The van der Waals surface area contributed by atoms with Gasteiger partial charge in [-0.25, -0.2) is 4.98 Å². The van der Waals surface area contributed by atoms with Crippen LogP contribution in [0.4, 0.5) is 5.69 Å². The summed E-state index contributed by atoms with van der Waals surface area (Å²) in [5.41, 5.74) is 2.06. The van der Waals surface area contributed by atoms with Crippen LogP contribution in [0, 0.1) is 0 Å². The highest BCUT2D eigenvalue weighted by Crippen LogP contribution is 2.39. The van der Waals surface area contributed by atoms with Crippen LogP contribution in [0.15, 0.2) is 41.2 Å². The minimum atomic E-state index is -0.246. The van der Waals surface area contributed by atoms with E-state index in [4.69, 9.17) is 11.6 Å². The van der Waals surface area contributed by atoms with Crippen LogP contribution in [-0.2, 0) is 0 Å². The predicted molar refractivity (Wildman–Crippen MR) is 105 cm³/mol. The van der Waals surface area contributed by atoms with Crippen LogP contribution in [-0.4, -0.2) is 53.5 Å². The third-order valence-electron chi connectivity index (χ3n) is 5.37. The predicted octanol–water partition coefficient (Wildman–Crippen LogP) is 2.34. The topological polar surface area (TPSA) is 58.4 Å². The molecule has 0 aliphatic carbocycles. The summed E-state index contributed by atoms with van der Waals surface area (Å²) in [6.45, 7) is 3.34. The van der Waals surface area contributed by atoms with Gasteiger partial charge in [0.25, 0.3) is 5.56 Å². The lowest BCUT2D eigenvalue weighted by atomic mass is 10.1. The van der Waals surface area contributed by atoms with Crippen LogP contribution in [0.5, 0.6) is 0 Å². The number of halogens is 1. The maximum atomic E-state index is 13.2. The van der Waals surface area contributed by atoms with Gasteiger partial charge in [-0.2, -0.15) is 0 Å². The molecule has 1 aromatic heterocycles. The number of carbonyl (C=O) groups is 1. The first-order valence-electron chi connectivity index (χ1n) is 8.89. The van der Waals surface area contributed by atoms with E-state index in [-0.39, 0.29) is 17.2 Å². The Hall–Kier alpha value is -2.70. The number of fused-ring (bicyclic) bond motifs is 4. The van der Waals surface area contributed by atoms with Gasteiger partial charge in [0.05, 0.1) is 32.9 Å². The van der Waals surface area contributed by atoms with Crippen molar-refractivity contribution in [2.24, 2.45) is 0 Å². The van der Waals surface area contributed by atoms with Crippen LogP contribution >= 0.6 is 11.6 Å². The number of para-hydroxylation sites is 1. The van der Waals surface area contributed by atoms with Gasteiger partial charge in [0.2, 0.25) is 5.78 Å². The average molecular weight is 381 g/mol. The van der Waals surface area contributed by atoms with Gasteiger partial charge >= 0.3 is 0 Å². The van der Waals surface area contributed by atoms with Crippen molar-refractivity contribution in [3.63, 3.8) is 0 Å². The van der Waals surface area contributed by atoms with E-state index in [0.717, 1.165) is 26.2 Å². The maximum absolute atomic E-state index is 13.2. The van der Waals surface area contributed by atoms with Crippen molar-refractivity contribution in [3.8, 4) is 5.69 Å². The number of benzene rings is 2. The van der Waals surface area contributed by atoms with Gasteiger partial charge in [0.1, 0.15) is 0 Å². The second-order valence-electron chi connectivity index (χ2n) is 7.00. The first-order valence-corrected chi connectivity index (χ1v) is 9.27. The van der Waals surface area contributed by atoms with Crippen molar-refractivity contribution in [3.05, 3.63) is 63.2 Å². The fourth-order valence-corrected chi connectivity index (χ4v) is 4.20. The molecule has 2 aliphatic heterocycles. The highest BCUT2D eigenvalue weighted by Gasteiger charge is 2.35. The highest BCUT2D eigenvalue weighted by atomic mass is 35.5. The van der Waals surface area contributed by atoms with Crippen LogP contribution in [0.1, 0.15) is 16.2 Å². The van der Waals surface area contributed by atoms with E-state index in [9.17, 15) is 9.59 Å². The molecule has 2 aromatic carbocycles. The molecule has 136 valence electrons. The van der Waals surface area contributed by atoms with Crippen molar-refractivity contribution in [2.75, 3.05) is 38.1 Å². The van der Waals surface area contributed by atoms with E-state index in [2.05, 4.69) is 21.8 Å². The van der Waals surface area contributed by atoms with Gasteiger partial charge in [-0.1, -0.05) is 23.7 Å². The number of likely N-dealkylation sites (N-methyl/N-ethyl adjacent to an activating group) is 1. The summed E-state index contributed by atoms with van der Waals surface area (Å²) in [5, 5.41) is 1.02. The Labute approximate surface area is 160 Å². The lowest BCUT2D eigenvalue weighted by Crippen LogP contribution is -2.45. The fourth-order valence-electron chi connectivity index (χ4n) is 3.92. The van der Waals surface area contributed by atoms with Gasteiger partial charge < -0.3 is 9.80 Å². The number of hydrogen-bond acceptors (Lipinski definition) is 5. The third kappa shape index (κ3) is 2.33. The largest absolute Gasteiger partial charge is 0.367 e. The summed E-state index contributed by atoms with van der Waals surface area (Å²) in [4.78, 5) is 35.2. The Morgan fingerprint density at radius 1 is 1.00 bits per heavy atom. The van der Waals surface area contributed by atoms with E-state index in [1.165, 1.54) is 4.57 Å². The zero-order valence-corrected chi connectivity index (χ0v) is 15.5. The summed E-state index contributed by atoms with van der Waals surface area (Å²) in [6.07, 6.45) is 0. The number of rotatable bonds is 1. The number of piperazine rings is 1. The molecule has 7 heteroatoms. The summed E-state index contributed by atoms with van der Waals surface area (Å²) in [6, 6.07) is 10.6. The number of carbonyl (C=O) groups excluding carboxylic acids is 1. The molecule has 0 radical (unpaired) electrons. The molecule has 3 aromatic rings. The molecule has 5 rings (SSSR count). The molecule has 0 unspecified atom stereocenters. The normalized spacial score (nSPS) is 16.7. The smallest absolute Gasteiger partial charge is 0.266 e. The first-order chi connectivity index (χ1) is 13.1. The number of hydrogen-bond donors (Lipinski definition) is 0. The molecule has 2 aliphatic rings. The average Bonchev–Trinajstić information content (AvgIpc) is 2.96. The van der Waals surface area contributed by atoms with Crippen LogP contribution in [0.2, 0.25) is 5.02 Å².